The summed E-state index contributed by atoms with van der Waals surface area (Å²) in [7, 11) is -1.11. The van der Waals surface area contributed by atoms with Crippen LogP contribution < -0.4 is 5.73 Å². The minimum absolute atomic E-state index is 0.499. The van der Waals surface area contributed by atoms with E-state index >= 15 is 0 Å². The van der Waals surface area contributed by atoms with E-state index in [2.05, 4.69) is 59.5 Å². The molecule has 5 heteroatoms. The van der Waals surface area contributed by atoms with Gasteiger partial charge in [0.15, 0.2) is 0 Å². The Labute approximate surface area is 185 Å². The van der Waals surface area contributed by atoms with Gasteiger partial charge in [0.05, 0.1) is 5.54 Å². The van der Waals surface area contributed by atoms with E-state index in [1.807, 2.05) is 54.9 Å². The van der Waals surface area contributed by atoms with E-state index in [4.69, 9.17) is 10.5 Å². The molecule has 0 unspecified atom stereocenters. The fraction of sp³-hybridized carbons (Fsp3) is 0.269. The first-order chi connectivity index (χ1) is 14.9. The summed E-state index contributed by atoms with van der Waals surface area (Å²) >= 11 is 0. The van der Waals surface area contributed by atoms with E-state index in [0.29, 0.717) is 6.73 Å². The second kappa shape index (κ2) is 8.79. The molecule has 0 aliphatic carbocycles. The number of pyridine rings is 1. The van der Waals surface area contributed by atoms with Gasteiger partial charge in [-0.15, -0.1) is 0 Å². The van der Waals surface area contributed by atoms with Crippen LogP contribution in [0, 0.1) is 0 Å². The number of ether oxygens (including phenoxy) is 1. The maximum absolute atomic E-state index is 7.24. The summed E-state index contributed by atoms with van der Waals surface area (Å²) in [6.07, 6.45) is 3.90. The van der Waals surface area contributed by atoms with Gasteiger partial charge in [-0.05, 0) is 34.9 Å². The zero-order valence-electron chi connectivity index (χ0n) is 18.6. The third kappa shape index (κ3) is 4.49. The lowest BCUT2D eigenvalue weighted by atomic mass is 9.77. The Kier molecular flexibility index (Phi) is 6.09. The van der Waals surface area contributed by atoms with Crippen molar-refractivity contribution < 1.29 is 4.74 Å². The van der Waals surface area contributed by atoms with E-state index in [0.717, 1.165) is 40.4 Å². The number of aromatic nitrogens is 2. The topological polar surface area (TPSA) is 53.1 Å². The Hall–Kier alpha value is -2.73. The lowest BCUT2D eigenvalue weighted by Gasteiger charge is -2.32. The zero-order valence-corrected chi connectivity index (χ0v) is 19.6. The summed E-state index contributed by atoms with van der Waals surface area (Å²) in [6, 6.07) is 25.9. The number of nitrogens with zero attached hydrogens (tertiary/aromatic N) is 2. The molecule has 0 amide bonds. The van der Waals surface area contributed by atoms with Gasteiger partial charge in [0.1, 0.15) is 12.4 Å². The minimum Gasteiger partial charge on any atom is -0.361 e. The molecule has 0 fully saturated rings. The molecule has 4 rings (SSSR count). The number of fused-ring (bicyclic) bond motifs is 1. The highest BCUT2D eigenvalue weighted by Gasteiger charge is 2.33. The highest BCUT2D eigenvalue weighted by Crippen LogP contribution is 2.37. The highest BCUT2D eigenvalue weighted by atomic mass is 28.3. The molecule has 0 aliphatic rings. The molecule has 0 aliphatic heterocycles. The quantitative estimate of drug-likeness (QED) is 0.293. The highest BCUT2D eigenvalue weighted by molar-refractivity contribution is 6.76. The Morgan fingerprint density at radius 1 is 0.903 bits per heavy atom. The standard InChI is InChI=1S/C26H31N3OSi/c1-31(2,3)19-18-30-20-29-17-15-23-24(14-16-28-25(23)29)26(27,21-10-6-4-7-11-21)22-12-8-5-9-13-22/h4-17H,18-20,27H2,1-3H3. The SMILES string of the molecule is C[Si](C)(C)CCOCn1ccc2c(C(N)(c3ccccc3)c3ccccc3)ccnc21. The molecule has 31 heavy (non-hydrogen) atoms. The summed E-state index contributed by atoms with van der Waals surface area (Å²) < 4.78 is 8.05. The van der Waals surface area contributed by atoms with Crippen molar-refractivity contribution in [1.82, 2.24) is 9.55 Å². The second-order valence-electron chi connectivity index (χ2n) is 9.27. The van der Waals surface area contributed by atoms with Gasteiger partial charge in [0.2, 0.25) is 0 Å². The zero-order chi connectivity index (χ0) is 21.9. The van der Waals surface area contributed by atoms with Gasteiger partial charge >= 0.3 is 0 Å². The van der Waals surface area contributed by atoms with Crippen molar-refractivity contribution in [2.45, 2.75) is 38.0 Å². The molecule has 0 radical (unpaired) electrons. The first kappa shape index (κ1) is 21.5. The largest absolute Gasteiger partial charge is 0.361 e. The van der Waals surface area contributed by atoms with Crippen LogP contribution in [-0.4, -0.2) is 24.2 Å². The predicted molar refractivity (Wildman–Crippen MR) is 131 cm³/mol. The molecular weight excluding hydrogens is 398 g/mol. The van der Waals surface area contributed by atoms with E-state index in [9.17, 15) is 0 Å². The molecule has 2 N–H and O–H groups in total. The van der Waals surface area contributed by atoms with Gasteiger partial charge in [-0.3, -0.25) is 0 Å². The van der Waals surface area contributed by atoms with Crippen LogP contribution in [-0.2, 0) is 17.0 Å². The summed E-state index contributed by atoms with van der Waals surface area (Å²) in [5.74, 6) is 0. The van der Waals surface area contributed by atoms with Crippen molar-refractivity contribution in [3.63, 3.8) is 0 Å². The summed E-state index contributed by atoms with van der Waals surface area (Å²) in [5.41, 5.74) is 10.5. The average Bonchev–Trinajstić information content (AvgIpc) is 3.20. The van der Waals surface area contributed by atoms with Crippen molar-refractivity contribution in [2.24, 2.45) is 5.73 Å². The van der Waals surface area contributed by atoms with Crippen LogP contribution in [0.5, 0.6) is 0 Å². The van der Waals surface area contributed by atoms with Gasteiger partial charge in [-0.2, -0.15) is 0 Å². The van der Waals surface area contributed by atoms with Crippen LogP contribution in [0.15, 0.2) is 85.2 Å². The number of hydrogen-bond donors (Lipinski definition) is 1. The van der Waals surface area contributed by atoms with Crippen molar-refractivity contribution in [3.05, 3.63) is 102 Å². The average molecular weight is 430 g/mol. The van der Waals surface area contributed by atoms with Gasteiger partial charge in [0.25, 0.3) is 0 Å². The summed E-state index contributed by atoms with van der Waals surface area (Å²) in [6.45, 7) is 8.37. The van der Waals surface area contributed by atoms with Crippen LogP contribution in [0.4, 0.5) is 0 Å². The van der Waals surface area contributed by atoms with Crippen molar-refractivity contribution in [1.29, 1.82) is 0 Å². The smallest absolute Gasteiger partial charge is 0.142 e. The molecule has 2 heterocycles. The van der Waals surface area contributed by atoms with Crippen LogP contribution in [0.3, 0.4) is 0 Å². The Morgan fingerprint density at radius 2 is 1.52 bits per heavy atom. The number of nitrogens with two attached hydrogens (primary N) is 1. The normalized spacial score (nSPS) is 12.4. The molecule has 0 spiro atoms. The summed E-state index contributed by atoms with van der Waals surface area (Å²) in [5, 5.41) is 1.05. The summed E-state index contributed by atoms with van der Waals surface area (Å²) in [4.78, 5) is 4.67. The fourth-order valence-corrected chi connectivity index (χ4v) is 4.72. The van der Waals surface area contributed by atoms with E-state index in [1.54, 1.807) is 0 Å². The van der Waals surface area contributed by atoms with Gasteiger partial charge in [-0.1, -0.05) is 80.3 Å². The Balaban J connectivity index is 1.74. The Bertz CT molecular complexity index is 1090. The van der Waals surface area contributed by atoms with Crippen molar-refractivity contribution in [3.8, 4) is 0 Å². The minimum atomic E-state index is -1.11. The first-order valence-electron chi connectivity index (χ1n) is 10.8. The van der Waals surface area contributed by atoms with Gasteiger partial charge in [0, 0.05) is 32.5 Å². The molecule has 2 aromatic heterocycles. The van der Waals surface area contributed by atoms with Crippen LogP contribution in [0.1, 0.15) is 16.7 Å². The fourth-order valence-electron chi connectivity index (χ4n) is 3.96. The molecule has 2 aromatic carbocycles. The monoisotopic (exact) mass is 429 g/mol. The maximum atomic E-state index is 7.24. The predicted octanol–water partition coefficient (Wildman–Crippen LogP) is 5.60. The van der Waals surface area contributed by atoms with Crippen LogP contribution in [0.2, 0.25) is 25.7 Å². The lowest BCUT2D eigenvalue weighted by Crippen LogP contribution is -2.39. The van der Waals surface area contributed by atoms with Crippen molar-refractivity contribution >= 4 is 19.1 Å². The second-order valence-corrected chi connectivity index (χ2v) is 14.9. The number of hydrogen-bond acceptors (Lipinski definition) is 3. The molecule has 0 saturated carbocycles. The van der Waals surface area contributed by atoms with E-state index in [-0.39, 0.29) is 0 Å². The van der Waals surface area contributed by atoms with Crippen molar-refractivity contribution in [2.75, 3.05) is 6.61 Å². The third-order valence-corrected chi connectivity index (χ3v) is 7.48. The molecule has 0 saturated heterocycles. The van der Waals surface area contributed by atoms with Gasteiger partial charge < -0.3 is 15.0 Å². The third-order valence-electron chi connectivity index (χ3n) is 5.77. The lowest BCUT2D eigenvalue weighted by molar-refractivity contribution is 0.0899. The first-order valence-corrected chi connectivity index (χ1v) is 14.5. The molecular formula is C26H31N3OSi. The van der Waals surface area contributed by atoms with E-state index in [1.165, 1.54) is 0 Å². The number of rotatable bonds is 8. The van der Waals surface area contributed by atoms with Crippen LogP contribution in [0.25, 0.3) is 11.0 Å². The molecule has 4 aromatic rings. The number of benzene rings is 2. The molecule has 160 valence electrons. The maximum Gasteiger partial charge on any atom is 0.142 e. The van der Waals surface area contributed by atoms with Crippen LogP contribution >= 0.6 is 0 Å². The molecule has 4 nitrogen and oxygen atoms in total. The Morgan fingerprint density at radius 3 is 2.10 bits per heavy atom. The molecule has 0 atom stereocenters. The van der Waals surface area contributed by atoms with E-state index < -0.39 is 13.6 Å². The molecule has 0 bridgehead atoms. The van der Waals surface area contributed by atoms with Gasteiger partial charge in [-0.25, -0.2) is 4.98 Å².